The monoisotopic (exact) mass is 438 g/mol. The van der Waals surface area contributed by atoms with Gasteiger partial charge < -0.3 is 5.11 Å². The van der Waals surface area contributed by atoms with Gasteiger partial charge >= 0.3 is 0 Å². The normalized spacial score (nSPS) is 11.1. The van der Waals surface area contributed by atoms with E-state index in [9.17, 15) is 15.2 Å². The Kier molecular flexibility index (Phi) is 6.34. The van der Waals surface area contributed by atoms with Gasteiger partial charge in [0.1, 0.15) is 5.75 Å². The summed E-state index contributed by atoms with van der Waals surface area (Å²) in [5.41, 5.74) is 3.62. The molecule has 0 amide bonds. The standard InChI is InChI=1S/C16H12Cl2N6O3S/c17-12-3-1-9(5-13(12)18)8-28-16-20-15(22-23-16)21-19-7-10-6-11(24(26)27)2-4-14(10)25/h1-7,25H,8H2,(H2,20,21,22,23). The molecule has 28 heavy (non-hydrogen) atoms. The first kappa shape index (κ1) is 19.9. The van der Waals surface area contributed by atoms with E-state index < -0.39 is 4.92 Å². The number of nitro groups is 1. The first-order valence-electron chi connectivity index (χ1n) is 7.68. The fraction of sp³-hybridized carbons (Fsp3) is 0.0625. The van der Waals surface area contributed by atoms with Crippen LogP contribution in [0.5, 0.6) is 5.75 Å². The molecule has 1 aromatic heterocycles. The van der Waals surface area contributed by atoms with Gasteiger partial charge in [-0.1, -0.05) is 41.0 Å². The van der Waals surface area contributed by atoms with Crippen LogP contribution >= 0.6 is 35.0 Å². The van der Waals surface area contributed by atoms with Crippen LogP contribution in [-0.2, 0) is 5.75 Å². The van der Waals surface area contributed by atoms with Crippen LogP contribution in [0.2, 0.25) is 10.0 Å². The quantitative estimate of drug-likeness (QED) is 0.214. The highest BCUT2D eigenvalue weighted by molar-refractivity contribution is 7.98. The van der Waals surface area contributed by atoms with Gasteiger partial charge in [-0.3, -0.25) is 10.1 Å². The van der Waals surface area contributed by atoms with Crippen LogP contribution in [0.15, 0.2) is 46.7 Å². The lowest BCUT2D eigenvalue weighted by atomic mass is 10.2. The molecule has 0 atom stereocenters. The molecule has 0 spiro atoms. The number of halogens is 2. The van der Waals surface area contributed by atoms with Gasteiger partial charge in [-0.2, -0.15) is 10.1 Å². The van der Waals surface area contributed by atoms with E-state index in [2.05, 4.69) is 25.7 Å². The number of aromatic amines is 1. The zero-order valence-electron chi connectivity index (χ0n) is 14.0. The van der Waals surface area contributed by atoms with Crippen LogP contribution < -0.4 is 5.43 Å². The number of anilines is 1. The number of non-ortho nitro benzene ring substituents is 1. The maximum absolute atomic E-state index is 10.8. The molecule has 144 valence electrons. The van der Waals surface area contributed by atoms with Crippen molar-refractivity contribution in [3.8, 4) is 5.75 Å². The molecule has 0 aliphatic carbocycles. The highest BCUT2D eigenvalue weighted by Gasteiger charge is 2.09. The molecule has 0 saturated carbocycles. The lowest BCUT2D eigenvalue weighted by Crippen LogP contribution is -1.94. The topological polar surface area (TPSA) is 129 Å². The summed E-state index contributed by atoms with van der Waals surface area (Å²) >= 11 is 13.3. The van der Waals surface area contributed by atoms with Gasteiger partial charge in [0.2, 0.25) is 11.1 Å². The third-order valence-corrected chi connectivity index (χ3v) is 5.07. The fourth-order valence-corrected chi connectivity index (χ4v) is 3.12. The summed E-state index contributed by atoms with van der Waals surface area (Å²) in [7, 11) is 0. The minimum Gasteiger partial charge on any atom is -0.507 e. The van der Waals surface area contributed by atoms with E-state index in [1.807, 2.05) is 6.07 Å². The molecule has 0 aliphatic rings. The van der Waals surface area contributed by atoms with Crippen molar-refractivity contribution >= 4 is 52.8 Å². The van der Waals surface area contributed by atoms with Crippen molar-refractivity contribution in [3.05, 3.63) is 67.7 Å². The van der Waals surface area contributed by atoms with E-state index in [4.69, 9.17) is 23.2 Å². The Morgan fingerprint density at radius 3 is 2.86 bits per heavy atom. The van der Waals surface area contributed by atoms with Gasteiger partial charge in [-0.05, 0) is 23.8 Å². The summed E-state index contributed by atoms with van der Waals surface area (Å²) in [4.78, 5) is 14.4. The molecule has 9 nitrogen and oxygen atoms in total. The van der Waals surface area contributed by atoms with Gasteiger partial charge in [0.25, 0.3) is 5.69 Å². The Hall–Kier alpha value is -2.82. The maximum atomic E-state index is 10.8. The smallest absolute Gasteiger partial charge is 0.270 e. The second-order valence-electron chi connectivity index (χ2n) is 5.37. The van der Waals surface area contributed by atoms with Gasteiger partial charge in [-0.25, -0.2) is 10.5 Å². The number of phenols is 1. The largest absolute Gasteiger partial charge is 0.507 e. The lowest BCUT2D eigenvalue weighted by molar-refractivity contribution is -0.384. The van der Waals surface area contributed by atoms with Crippen LogP contribution in [-0.4, -0.2) is 31.4 Å². The van der Waals surface area contributed by atoms with Gasteiger partial charge in [0.05, 0.1) is 21.2 Å². The predicted molar refractivity (Wildman–Crippen MR) is 108 cm³/mol. The molecule has 0 saturated heterocycles. The SMILES string of the molecule is O=[N+]([O-])c1ccc(O)c(C=NNc2nc(SCc3ccc(Cl)c(Cl)c3)n[nH]2)c1. The summed E-state index contributed by atoms with van der Waals surface area (Å²) in [6, 6.07) is 9.00. The summed E-state index contributed by atoms with van der Waals surface area (Å²) in [6.45, 7) is 0. The molecule has 2 aromatic carbocycles. The maximum Gasteiger partial charge on any atom is 0.270 e. The molecular formula is C16H12Cl2N6O3S. The number of aromatic nitrogens is 3. The van der Waals surface area contributed by atoms with Crippen molar-refractivity contribution < 1.29 is 10.0 Å². The van der Waals surface area contributed by atoms with Crippen LogP contribution in [0.1, 0.15) is 11.1 Å². The molecule has 12 heteroatoms. The van der Waals surface area contributed by atoms with Crippen LogP contribution in [0, 0.1) is 10.1 Å². The number of phenolic OH excluding ortho intramolecular Hbond substituents is 1. The zero-order valence-corrected chi connectivity index (χ0v) is 16.3. The molecule has 3 rings (SSSR count). The first-order valence-corrected chi connectivity index (χ1v) is 9.42. The van der Waals surface area contributed by atoms with Crippen molar-refractivity contribution in [3.63, 3.8) is 0 Å². The van der Waals surface area contributed by atoms with E-state index in [1.54, 1.807) is 12.1 Å². The molecule has 0 aliphatic heterocycles. The number of nitrogens with one attached hydrogen (secondary N) is 2. The molecule has 1 heterocycles. The number of hydrazone groups is 1. The molecule has 0 bridgehead atoms. The third-order valence-electron chi connectivity index (χ3n) is 3.41. The van der Waals surface area contributed by atoms with E-state index in [0.29, 0.717) is 21.0 Å². The number of rotatable bonds is 7. The Bertz CT molecular complexity index is 1040. The van der Waals surface area contributed by atoms with E-state index in [-0.39, 0.29) is 22.9 Å². The minimum atomic E-state index is -0.558. The number of nitrogens with zero attached hydrogens (tertiary/aromatic N) is 4. The predicted octanol–water partition coefficient (Wildman–Crippen LogP) is 4.46. The van der Waals surface area contributed by atoms with Crippen LogP contribution in [0.25, 0.3) is 0 Å². The number of hydrogen-bond acceptors (Lipinski definition) is 8. The lowest BCUT2D eigenvalue weighted by Gasteiger charge is -2.01. The summed E-state index contributed by atoms with van der Waals surface area (Å²) in [6.07, 6.45) is 1.24. The van der Waals surface area contributed by atoms with Crippen molar-refractivity contribution in [1.82, 2.24) is 15.2 Å². The number of H-pyrrole nitrogens is 1. The summed E-state index contributed by atoms with van der Waals surface area (Å²) in [5, 5.41) is 32.6. The number of hydrogen-bond donors (Lipinski definition) is 3. The van der Waals surface area contributed by atoms with Crippen molar-refractivity contribution in [1.29, 1.82) is 0 Å². The average molecular weight is 439 g/mol. The average Bonchev–Trinajstić information content (AvgIpc) is 3.12. The summed E-state index contributed by atoms with van der Waals surface area (Å²) in [5.74, 6) is 0.739. The van der Waals surface area contributed by atoms with Crippen molar-refractivity contribution in [2.45, 2.75) is 10.9 Å². The van der Waals surface area contributed by atoms with E-state index in [1.165, 1.54) is 36.2 Å². The first-order chi connectivity index (χ1) is 13.4. The van der Waals surface area contributed by atoms with E-state index in [0.717, 1.165) is 5.56 Å². The molecular weight excluding hydrogens is 427 g/mol. The number of nitro benzene ring substituents is 1. The van der Waals surface area contributed by atoms with Gasteiger partial charge in [0.15, 0.2) is 0 Å². The Morgan fingerprint density at radius 1 is 1.29 bits per heavy atom. The summed E-state index contributed by atoms with van der Waals surface area (Å²) < 4.78 is 0. The Balaban J connectivity index is 1.59. The highest BCUT2D eigenvalue weighted by Crippen LogP contribution is 2.26. The molecule has 0 radical (unpaired) electrons. The van der Waals surface area contributed by atoms with Crippen molar-refractivity contribution in [2.75, 3.05) is 5.43 Å². The highest BCUT2D eigenvalue weighted by atomic mass is 35.5. The molecule has 0 fully saturated rings. The second-order valence-corrected chi connectivity index (χ2v) is 7.13. The van der Waals surface area contributed by atoms with Crippen LogP contribution in [0.3, 0.4) is 0 Å². The van der Waals surface area contributed by atoms with Crippen LogP contribution in [0.4, 0.5) is 11.6 Å². The zero-order chi connectivity index (χ0) is 20.1. The molecule has 0 unspecified atom stereocenters. The van der Waals surface area contributed by atoms with E-state index >= 15 is 0 Å². The second kappa shape index (κ2) is 8.91. The number of benzene rings is 2. The minimum absolute atomic E-state index is 0.133. The fourth-order valence-electron chi connectivity index (χ4n) is 2.06. The van der Waals surface area contributed by atoms with Gasteiger partial charge in [-0.15, -0.1) is 5.10 Å². The third kappa shape index (κ3) is 5.12. The molecule has 3 N–H and O–H groups in total. The Labute approximate surface area is 172 Å². The van der Waals surface area contributed by atoms with Crippen molar-refractivity contribution in [2.24, 2.45) is 5.10 Å². The number of aromatic hydroxyl groups is 1. The van der Waals surface area contributed by atoms with Gasteiger partial charge in [0, 0.05) is 23.4 Å². The molecule has 3 aromatic rings. The Morgan fingerprint density at radius 2 is 2.11 bits per heavy atom. The number of thioether (sulfide) groups is 1.